The van der Waals surface area contributed by atoms with Gasteiger partial charge in [0.05, 0.1) is 16.4 Å². The number of hydrogen-bond acceptors (Lipinski definition) is 4. The first-order valence-corrected chi connectivity index (χ1v) is 7.75. The lowest BCUT2D eigenvalue weighted by Crippen LogP contribution is -2.27. The summed E-state index contributed by atoms with van der Waals surface area (Å²) in [5.74, 6) is -2.89. The van der Waals surface area contributed by atoms with Crippen LogP contribution >= 0.6 is 11.6 Å². The van der Waals surface area contributed by atoms with E-state index in [-0.39, 0.29) is 5.69 Å². The molecule has 1 atom stereocenters. The first kappa shape index (κ1) is 19.3. The summed E-state index contributed by atoms with van der Waals surface area (Å²) < 4.78 is 26.5. The molecule has 0 aliphatic carbocycles. The molecule has 26 heavy (non-hydrogen) atoms. The Hall–Kier alpha value is -3.00. The van der Waals surface area contributed by atoms with Gasteiger partial charge < -0.3 is 15.5 Å². The third kappa shape index (κ3) is 5.52. The molecule has 1 unspecified atom stereocenters. The molecule has 2 N–H and O–H groups in total. The average molecular weight is 382 g/mol. The third-order valence-electron chi connectivity index (χ3n) is 3.08. The van der Waals surface area contributed by atoms with Crippen molar-refractivity contribution in [2.24, 2.45) is 5.16 Å². The van der Waals surface area contributed by atoms with Crippen LogP contribution in [-0.2, 0) is 14.4 Å². The van der Waals surface area contributed by atoms with Crippen LogP contribution in [0, 0.1) is 11.6 Å². The van der Waals surface area contributed by atoms with Crippen molar-refractivity contribution in [2.75, 3.05) is 10.6 Å². The van der Waals surface area contributed by atoms with Gasteiger partial charge in [0.15, 0.2) is 0 Å². The fourth-order valence-electron chi connectivity index (χ4n) is 1.77. The van der Waals surface area contributed by atoms with E-state index in [0.29, 0.717) is 10.7 Å². The lowest BCUT2D eigenvalue weighted by molar-refractivity contribution is -0.126. The number of nitrogens with one attached hydrogen (secondary N) is 2. The smallest absolute Gasteiger partial charge is 0.270 e. The first-order valence-electron chi connectivity index (χ1n) is 7.37. The Morgan fingerprint density at radius 3 is 2.62 bits per heavy atom. The highest BCUT2D eigenvalue weighted by molar-refractivity contribution is 6.36. The van der Waals surface area contributed by atoms with E-state index in [0.717, 1.165) is 24.4 Å². The molecule has 0 fully saturated rings. The molecular formula is C17H14ClF2N3O3. The van der Waals surface area contributed by atoms with Gasteiger partial charge in [-0.25, -0.2) is 8.78 Å². The molecule has 0 spiro atoms. The predicted molar refractivity (Wildman–Crippen MR) is 94.1 cm³/mol. The molecule has 0 aliphatic rings. The van der Waals surface area contributed by atoms with Crippen LogP contribution in [0.3, 0.4) is 0 Å². The van der Waals surface area contributed by atoms with E-state index in [2.05, 4.69) is 15.8 Å². The maximum atomic E-state index is 13.5. The first-order chi connectivity index (χ1) is 12.4. The number of rotatable bonds is 6. The summed E-state index contributed by atoms with van der Waals surface area (Å²) in [7, 11) is 0. The van der Waals surface area contributed by atoms with E-state index >= 15 is 0 Å². The molecule has 0 heterocycles. The van der Waals surface area contributed by atoms with Gasteiger partial charge in [0.1, 0.15) is 17.8 Å². The van der Waals surface area contributed by atoms with Gasteiger partial charge in [0.2, 0.25) is 6.10 Å². The summed E-state index contributed by atoms with van der Waals surface area (Å²) in [5, 5.41) is 8.38. The van der Waals surface area contributed by atoms with Crippen LogP contribution in [0.1, 0.15) is 6.92 Å². The molecule has 2 aromatic carbocycles. The minimum Gasteiger partial charge on any atom is -0.383 e. The summed E-state index contributed by atoms with van der Waals surface area (Å²) in [6.45, 7) is 1.33. The fraction of sp³-hybridized carbons (Fsp3) is 0.118. The van der Waals surface area contributed by atoms with Gasteiger partial charge in [0, 0.05) is 6.07 Å². The molecule has 9 heteroatoms. The average Bonchev–Trinajstić information content (AvgIpc) is 2.60. The molecule has 0 saturated carbocycles. The van der Waals surface area contributed by atoms with E-state index in [1.165, 1.54) is 6.92 Å². The minimum absolute atomic E-state index is 0.328. The summed E-state index contributed by atoms with van der Waals surface area (Å²) >= 11 is 5.89. The topological polar surface area (TPSA) is 79.8 Å². The van der Waals surface area contributed by atoms with Crippen LogP contribution in [0.15, 0.2) is 47.6 Å². The normalized spacial score (nSPS) is 11.8. The largest absolute Gasteiger partial charge is 0.383 e. The Bertz CT molecular complexity index is 846. The second-order valence-electron chi connectivity index (χ2n) is 5.06. The Kier molecular flexibility index (Phi) is 6.62. The lowest BCUT2D eigenvalue weighted by atomic mass is 10.2. The number of nitrogens with zero attached hydrogens (tertiary/aromatic N) is 1. The van der Waals surface area contributed by atoms with Gasteiger partial charge in [-0.3, -0.25) is 9.59 Å². The fourth-order valence-corrected chi connectivity index (χ4v) is 1.96. The SMILES string of the molecule is CC(ON=CC(=O)Nc1ccccc1Cl)C(=O)Nc1cc(F)ccc1F. The van der Waals surface area contributed by atoms with Crippen molar-refractivity contribution in [1.82, 2.24) is 0 Å². The van der Waals surface area contributed by atoms with E-state index in [9.17, 15) is 18.4 Å². The standard InChI is InChI=1S/C17H14ClF2N3O3/c1-10(17(25)23-15-8-11(19)6-7-13(15)20)26-21-9-16(24)22-14-5-3-2-4-12(14)18/h2-10H,1H3,(H,22,24)(H,23,25). The zero-order valence-electron chi connectivity index (χ0n) is 13.5. The molecule has 2 aromatic rings. The summed E-state index contributed by atoms with van der Waals surface area (Å²) in [6, 6.07) is 9.23. The minimum atomic E-state index is -1.15. The summed E-state index contributed by atoms with van der Waals surface area (Å²) in [4.78, 5) is 28.4. The van der Waals surface area contributed by atoms with Crippen molar-refractivity contribution in [2.45, 2.75) is 13.0 Å². The zero-order chi connectivity index (χ0) is 19.1. The van der Waals surface area contributed by atoms with Crippen molar-refractivity contribution in [3.05, 3.63) is 59.1 Å². The molecule has 0 bridgehead atoms. The Balaban J connectivity index is 1.87. The maximum absolute atomic E-state index is 13.5. The number of benzene rings is 2. The van der Waals surface area contributed by atoms with Crippen molar-refractivity contribution in [1.29, 1.82) is 0 Å². The number of amides is 2. The lowest BCUT2D eigenvalue weighted by Gasteiger charge is -2.11. The highest BCUT2D eigenvalue weighted by Gasteiger charge is 2.16. The molecule has 136 valence electrons. The molecule has 0 radical (unpaired) electrons. The van der Waals surface area contributed by atoms with E-state index in [1.807, 2.05) is 0 Å². The van der Waals surface area contributed by atoms with Gasteiger partial charge >= 0.3 is 0 Å². The van der Waals surface area contributed by atoms with Gasteiger partial charge in [0.25, 0.3) is 11.8 Å². The van der Waals surface area contributed by atoms with Crippen LogP contribution in [0.25, 0.3) is 0 Å². The van der Waals surface area contributed by atoms with Crippen LogP contribution in [0.5, 0.6) is 0 Å². The van der Waals surface area contributed by atoms with E-state index in [4.69, 9.17) is 16.4 Å². The number of carbonyl (C=O) groups excluding carboxylic acids is 2. The van der Waals surface area contributed by atoms with Crippen molar-refractivity contribution in [3.8, 4) is 0 Å². The molecule has 0 saturated heterocycles. The van der Waals surface area contributed by atoms with Crippen LogP contribution < -0.4 is 10.6 Å². The highest BCUT2D eigenvalue weighted by Crippen LogP contribution is 2.20. The molecule has 2 rings (SSSR count). The highest BCUT2D eigenvalue weighted by atomic mass is 35.5. The van der Waals surface area contributed by atoms with Crippen LogP contribution in [0.2, 0.25) is 5.02 Å². The summed E-state index contributed by atoms with van der Waals surface area (Å²) in [5.41, 5.74) is 0.0591. The second kappa shape index (κ2) is 8.91. The zero-order valence-corrected chi connectivity index (χ0v) is 14.3. The second-order valence-corrected chi connectivity index (χ2v) is 5.47. The van der Waals surface area contributed by atoms with Gasteiger partial charge in [-0.1, -0.05) is 28.9 Å². The van der Waals surface area contributed by atoms with E-state index in [1.54, 1.807) is 24.3 Å². The number of para-hydroxylation sites is 1. The van der Waals surface area contributed by atoms with Gasteiger partial charge in [-0.2, -0.15) is 0 Å². The Labute approximate surface area is 152 Å². The molecule has 0 aromatic heterocycles. The molecule has 2 amide bonds. The predicted octanol–water partition coefficient (Wildman–Crippen LogP) is 3.59. The maximum Gasteiger partial charge on any atom is 0.270 e. The van der Waals surface area contributed by atoms with Gasteiger partial charge in [-0.05, 0) is 31.2 Å². The molecular weight excluding hydrogens is 368 g/mol. The van der Waals surface area contributed by atoms with Gasteiger partial charge in [-0.15, -0.1) is 0 Å². The molecule has 0 aliphatic heterocycles. The van der Waals surface area contributed by atoms with Crippen molar-refractivity contribution in [3.63, 3.8) is 0 Å². The number of carbonyl (C=O) groups is 2. The Morgan fingerprint density at radius 2 is 1.88 bits per heavy atom. The monoisotopic (exact) mass is 381 g/mol. The van der Waals surface area contributed by atoms with Crippen LogP contribution in [0.4, 0.5) is 20.2 Å². The van der Waals surface area contributed by atoms with E-state index < -0.39 is 29.6 Å². The molecule has 6 nitrogen and oxygen atoms in total. The number of oxime groups is 1. The number of hydrogen-bond donors (Lipinski definition) is 2. The van der Waals surface area contributed by atoms with Crippen molar-refractivity contribution < 1.29 is 23.2 Å². The number of anilines is 2. The number of halogens is 3. The Morgan fingerprint density at radius 1 is 1.15 bits per heavy atom. The van der Waals surface area contributed by atoms with Crippen molar-refractivity contribution >= 4 is 41.0 Å². The quantitative estimate of drug-likeness (QED) is 0.593. The summed E-state index contributed by atoms with van der Waals surface area (Å²) in [6.07, 6.45) is -0.336. The van der Waals surface area contributed by atoms with Crippen LogP contribution in [-0.4, -0.2) is 24.1 Å². The third-order valence-corrected chi connectivity index (χ3v) is 3.41.